The van der Waals surface area contributed by atoms with Crippen LogP contribution >= 0.6 is 0 Å². The van der Waals surface area contributed by atoms with Crippen LogP contribution in [-0.4, -0.2) is 48.4 Å². The molecule has 1 aromatic heterocycles. The van der Waals surface area contributed by atoms with Crippen LogP contribution in [0.5, 0.6) is 5.75 Å². The second-order valence-corrected chi connectivity index (χ2v) is 6.27. The quantitative estimate of drug-likeness (QED) is 0.819. The van der Waals surface area contributed by atoms with Crippen molar-refractivity contribution in [3.8, 4) is 5.75 Å². The van der Waals surface area contributed by atoms with E-state index in [9.17, 15) is 9.59 Å². The first-order valence-electron chi connectivity index (χ1n) is 8.60. The van der Waals surface area contributed by atoms with Gasteiger partial charge >= 0.3 is 0 Å². The number of pyridine rings is 1. The highest BCUT2D eigenvalue weighted by molar-refractivity contribution is 5.98. The molecule has 1 N–H and O–H groups in total. The predicted molar refractivity (Wildman–Crippen MR) is 95.8 cm³/mol. The van der Waals surface area contributed by atoms with Crippen molar-refractivity contribution in [2.24, 2.45) is 0 Å². The van der Waals surface area contributed by atoms with Gasteiger partial charge in [-0.3, -0.25) is 14.6 Å². The van der Waals surface area contributed by atoms with Crippen molar-refractivity contribution in [3.63, 3.8) is 0 Å². The van der Waals surface area contributed by atoms with E-state index in [0.29, 0.717) is 30.8 Å². The number of benzene rings is 1. The van der Waals surface area contributed by atoms with Crippen molar-refractivity contribution < 1.29 is 14.3 Å². The lowest BCUT2D eigenvalue weighted by Crippen LogP contribution is -2.31. The SMILES string of the molecule is COc1ccc2cc(C(=O)NCCCN3CCCC3=O)c(C)nc2c1. The Kier molecular flexibility index (Phi) is 5.16. The molecule has 0 unspecified atom stereocenters. The van der Waals surface area contributed by atoms with E-state index in [1.165, 1.54) is 0 Å². The summed E-state index contributed by atoms with van der Waals surface area (Å²) >= 11 is 0. The standard InChI is InChI=1S/C19H23N3O3/c1-13-16(11-14-6-7-15(25-2)12-17(14)21-13)19(24)20-8-4-10-22-9-3-5-18(22)23/h6-7,11-12H,3-5,8-10H2,1-2H3,(H,20,24). The largest absolute Gasteiger partial charge is 0.497 e. The lowest BCUT2D eigenvalue weighted by molar-refractivity contribution is -0.127. The number of carbonyl (C=O) groups is 2. The number of nitrogens with zero attached hydrogens (tertiary/aromatic N) is 2. The molecule has 0 bridgehead atoms. The number of rotatable bonds is 6. The zero-order chi connectivity index (χ0) is 17.8. The highest BCUT2D eigenvalue weighted by Crippen LogP contribution is 2.21. The van der Waals surface area contributed by atoms with E-state index in [-0.39, 0.29) is 11.8 Å². The summed E-state index contributed by atoms with van der Waals surface area (Å²) in [6.45, 7) is 3.91. The monoisotopic (exact) mass is 341 g/mol. The third-order valence-electron chi connectivity index (χ3n) is 4.52. The van der Waals surface area contributed by atoms with Gasteiger partial charge in [0, 0.05) is 37.5 Å². The molecule has 6 heteroatoms. The Morgan fingerprint density at radius 2 is 2.20 bits per heavy atom. The summed E-state index contributed by atoms with van der Waals surface area (Å²) in [5.74, 6) is 0.833. The molecule has 25 heavy (non-hydrogen) atoms. The van der Waals surface area contributed by atoms with Gasteiger partial charge in [-0.2, -0.15) is 0 Å². The Bertz CT molecular complexity index is 804. The van der Waals surface area contributed by atoms with Gasteiger partial charge in [0.25, 0.3) is 5.91 Å². The van der Waals surface area contributed by atoms with Crippen molar-refractivity contribution in [3.05, 3.63) is 35.5 Å². The zero-order valence-corrected chi connectivity index (χ0v) is 14.7. The number of amides is 2. The van der Waals surface area contributed by atoms with E-state index < -0.39 is 0 Å². The number of carbonyl (C=O) groups excluding carboxylic acids is 2. The summed E-state index contributed by atoms with van der Waals surface area (Å²) in [7, 11) is 1.62. The Hall–Kier alpha value is -2.63. The fourth-order valence-electron chi connectivity index (χ4n) is 3.11. The van der Waals surface area contributed by atoms with E-state index in [2.05, 4.69) is 10.3 Å². The lowest BCUT2D eigenvalue weighted by Gasteiger charge is -2.15. The normalized spacial score (nSPS) is 14.2. The highest BCUT2D eigenvalue weighted by Gasteiger charge is 2.19. The van der Waals surface area contributed by atoms with Gasteiger partial charge in [0.15, 0.2) is 0 Å². The second kappa shape index (κ2) is 7.51. The van der Waals surface area contributed by atoms with Crippen LogP contribution < -0.4 is 10.1 Å². The average molecular weight is 341 g/mol. The van der Waals surface area contributed by atoms with Crippen LogP contribution in [0.2, 0.25) is 0 Å². The number of aryl methyl sites for hydroxylation is 1. The first-order valence-corrected chi connectivity index (χ1v) is 8.60. The van der Waals surface area contributed by atoms with Gasteiger partial charge in [-0.25, -0.2) is 0 Å². The average Bonchev–Trinajstić information content (AvgIpc) is 3.02. The van der Waals surface area contributed by atoms with Crippen LogP contribution in [0.4, 0.5) is 0 Å². The van der Waals surface area contributed by atoms with E-state index >= 15 is 0 Å². The summed E-state index contributed by atoms with van der Waals surface area (Å²) in [6, 6.07) is 7.47. The van der Waals surface area contributed by atoms with Crippen molar-refractivity contribution in [1.82, 2.24) is 15.2 Å². The number of hydrogen-bond acceptors (Lipinski definition) is 4. The van der Waals surface area contributed by atoms with Crippen LogP contribution in [0.3, 0.4) is 0 Å². The molecular formula is C19H23N3O3. The molecule has 0 spiro atoms. The third kappa shape index (κ3) is 3.90. The summed E-state index contributed by atoms with van der Waals surface area (Å²) in [6.07, 6.45) is 2.35. The molecule has 132 valence electrons. The Labute approximate surface area is 147 Å². The van der Waals surface area contributed by atoms with Gasteiger partial charge in [0.05, 0.1) is 23.9 Å². The van der Waals surface area contributed by atoms with Crippen molar-refractivity contribution in [1.29, 1.82) is 0 Å². The van der Waals surface area contributed by atoms with Crippen LogP contribution in [0.15, 0.2) is 24.3 Å². The molecule has 0 aliphatic carbocycles. The molecule has 2 heterocycles. The van der Waals surface area contributed by atoms with E-state index in [1.54, 1.807) is 7.11 Å². The number of fused-ring (bicyclic) bond motifs is 1. The summed E-state index contributed by atoms with van der Waals surface area (Å²) in [5, 5.41) is 3.83. The number of aromatic nitrogens is 1. The van der Waals surface area contributed by atoms with Crippen molar-refractivity contribution >= 4 is 22.7 Å². The molecule has 1 aliphatic rings. The second-order valence-electron chi connectivity index (χ2n) is 6.27. The molecule has 2 amide bonds. The maximum Gasteiger partial charge on any atom is 0.253 e. The minimum atomic E-state index is -0.129. The lowest BCUT2D eigenvalue weighted by atomic mass is 10.1. The smallest absolute Gasteiger partial charge is 0.253 e. The van der Waals surface area contributed by atoms with Gasteiger partial charge in [-0.15, -0.1) is 0 Å². The number of hydrogen-bond donors (Lipinski definition) is 1. The molecule has 0 radical (unpaired) electrons. The molecule has 1 aliphatic heterocycles. The Morgan fingerprint density at radius 3 is 2.92 bits per heavy atom. The van der Waals surface area contributed by atoms with Crippen molar-refractivity contribution in [2.45, 2.75) is 26.2 Å². The number of nitrogens with one attached hydrogen (secondary N) is 1. The minimum absolute atomic E-state index is 0.129. The van der Waals surface area contributed by atoms with Gasteiger partial charge in [0.2, 0.25) is 5.91 Å². The van der Waals surface area contributed by atoms with Gasteiger partial charge in [-0.05, 0) is 38.0 Å². The van der Waals surface area contributed by atoms with E-state index in [1.807, 2.05) is 36.1 Å². The number of likely N-dealkylation sites (tertiary alicyclic amines) is 1. The molecule has 6 nitrogen and oxygen atoms in total. The molecule has 0 atom stereocenters. The molecular weight excluding hydrogens is 318 g/mol. The van der Waals surface area contributed by atoms with Crippen LogP contribution in [0, 0.1) is 6.92 Å². The fraction of sp³-hybridized carbons (Fsp3) is 0.421. The molecule has 1 fully saturated rings. The van der Waals surface area contributed by atoms with Crippen molar-refractivity contribution in [2.75, 3.05) is 26.7 Å². The molecule has 1 saturated heterocycles. The highest BCUT2D eigenvalue weighted by atomic mass is 16.5. The van der Waals surface area contributed by atoms with Crippen LogP contribution in [0.1, 0.15) is 35.3 Å². The van der Waals surface area contributed by atoms with E-state index in [4.69, 9.17) is 4.74 Å². The summed E-state index contributed by atoms with van der Waals surface area (Å²) < 4.78 is 5.21. The number of ether oxygens (including phenoxy) is 1. The molecule has 0 saturated carbocycles. The predicted octanol–water partition coefficient (Wildman–Crippen LogP) is 2.29. The number of methoxy groups -OCH3 is 1. The van der Waals surface area contributed by atoms with Crippen LogP contribution in [-0.2, 0) is 4.79 Å². The van der Waals surface area contributed by atoms with Gasteiger partial charge < -0.3 is 15.0 Å². The molecule has 2 aromatic rings. The third-order valence-corrected chi connectivity index (χ3v) is 4.52. The zero-order valence-electron chi connectivity index (χ0n) is 14.7. The molecule has 1 aromatic carbocycles. The molecule has 3 rings (SSSR count). The maximum atomic E-state index is 12.4. The fourth-order valence-corrected chi connectivity index (χ4v) is 3.11. The summed E-state index contributed by atoms with van der Waals surface area (Å²) in [4.78, 5) is 30.4. The summed E-state index contributed by atoms with van der Waals surface area (Å²) in [5.41, 5.74) is 2.07. The topological polar surface area (TPSA) is 71.5 Å². The van der Waals surface area contributed by atoms with Crippen LogP contribution in [0.25, 0.3) is 10.9 Å². The first-order chi connectivity index (χ1) is 12.1. The van der Waals surface area contributed by atoms with Gasteiger partial charge in [-0.1, -0.05) is 0 Å². The Balaban J connectivity index is 1.61. The van der Waals surface area contributed by atoms with E-state index in [0.717, 1.165) is 36.0 Å². The first kappa shape index (κ1) is 17.2. The minimum Gasteiger partial charge on any atom is -0.497 e. The maximum absolute atomic E-state index is 12.4. The Morgan fingerprint density at radius 1 is 1.36 bits per heavy atom. The van der Waals surface area contributed by atoms with Gasteiger partial charge in [0.1, 0.15) is 5.75 Å².